The zero-order valence-electron chi connectivity index (χ0n) is 14.5. The van der Waals surface area contributed by atoms with Gasteiger partial charge in [-0.1, -0.05) is 23.7 Å². The van der Waals surface area contributed by atoms with Crippen LogP contribution in [0.1, 0.15) is 11.1 Å². The lowest BCUT2D eigenvalue weighted by Gasteiger charge is -2.14. The summed E-state index contributed by atoms with van der Waals surface area (Å²) in [4.78, 5) is 10.6. The molecule has 7 nitrogen and oxygen atoms in total. The Morgan fingerprint density at radius 3 is 2.73 bits per heavy atom. The highest BCUT2D eigenvalue weighted by Gasteiger charge is 2.11. The molecular formula is C18H20ClN3O4. The van der Waals surface area contributed by atoms with Gasteiger partial charge in [0.1, 0.15) is 19.0 Å². The quantitative estimate of drug-likeness (QED) is 0.419. The van der Waals surface area contributed by atoms with E-state index in [0.29, 0.717) is 35.3 Å². The van der Waals surface area contributed by atoms with Gasteiger partial charge in [0.15, 0.2) is 11.5 Å². The summed E-state index contributed by atoms with van der Waals surface area (Å²) in [7, 11) is 1.50. The van der Waals surface area contributed by atoms with Crippen LogP contribution >= 0.6 is 11.6 Å². The number of nitrogens with one attached hydrogen (secondary N) is 1. The Labute approximate surface area is 156 Å². The van der Waals surface area contributed by atoms with Crippen LogP contribution in [0.25, 0.3) is 0 Å². The Bertz CT molecular complexity index is 796. The van der Waals surface area contributed by atoms with E-state index < -0.39 is 6.03 Å². The maximum absolute atomic E-state index is 10.6. The normalized spacial score (nSPS) is 10.6. The number of primary amides is 1. The molecule has 0 atom stereocenters. The van der Waals surface area contributed by atoms with Gasteiger partial charge in [-0.15, -0.1) is 0 Å². The molecule has 2 aromatic rings. The first-order valence-electron chi connectivity index (χ1n) is 7.78. The maximum atomic E-state index is 10.6. The summed E-state index contributed by atoms with van der Waals surface area (Å²) >= 11 is 6.25. The molecule has 2 aromatic carbocycles. The molecule has 0 saturated heterocycles. The van der Waals surface area contributed by atoms with Gasteiger partial charge in [0.25, 0.3) is 0 Å². The number of nitrogens with zero attached hydrogens (tertiary/aromatic N) is 1. The highest BCUT2D eigenvalue weighted by Crippen LogP contribution is 2.36. The lowest BCUT2D eigenvalue weighted by molar-refractivity contribution is 0.211. The van der Waals surface area contributed by atoms with Gasteiger partial charge >= 0.3 is 6.03 Å². The zero-order valence-corrected chi connectivity index (χ0v) is 15.2. The Morgan fingerprint density at radius 1 is 1.27 bits per heavy atom. The molecule has 0 aliphatic heterocycles. The van der Waals surface area contributed by atoms with Gasteiger partial charge < -0.3 is 19.9 Å². The van der Waals surface area contributed by atoms with Crippen LogP contribution in [0, 0.1) is 6.92 Å². The van der Waals surface area contributed by atoms with E-state index in [-0.39, 0.29) is 0 Å². The number of carbonyl (C=O) groups excluding carboxylic acids is 1. The average molecular weight is 378 g/mol. The number of aryl methyl sites for hydroxylation is 1. The first kappa shape index (κ1) is 19.4. The van der Waals surface area contributed by atoms with Crippen LogP contribution < -0.4 is 25.4 Å². The number of urea groups is 1. The molecular weight excluding hydrogens is 358 g/mol. The van der Waals surface area contributed by atoms with Crippen molar-refractivity contribution in [3.63, 3.8) is 0 Å². The molecule has 2 rings (SSSR count). The number of hydrogen-bond donors (Lipinski definition) is 2. The summed E-state index contributed by atoms with van der Waals surface area (Å²) in [5.41, 5.74) is 8.78. The molecule has 0 radical (unpaired) electrons. The highest BCUT2D eigenvalue weighted by atomic mass is 35.5. The third kappa shape index (κ3) is 5.86. The molecule has 0 unspecified atom stereocenters. The number of amides is 2. The molecule has 2 amide bonds. The minimum absolute atomic E-state index is 0.292. The fourth-order valence-corrected chi connectivity index (χ4v) is 2.41. The SMILES string of the molecule is COc1cc(/C=N/NC(N)=O)cc(Cl)c1OCCOc1cccc(C)c1. The monoisotopic (exact) mass is 377 g/mol. The molecule has 0 bridgehead atoms. The lowest BCUT2D eigenvalue weighted by atomic mass is 10.2. The number of ether oxygens (including phenoxy) is 3. The van der Waals surface area contributed by atoms with Gasteiger partial charge in [0, 0.05) is 0 Å². The zero-order chi connectivity index (χ0) is 18.9. The summed E-state index contributed by atoms with van der Waals surface area (Å²) < 4.78 is 16.6. The van der Waals surface area contributed by atoms with Crippen molar-refractivity contribution in [3.8, 4) is 17.2 Å². The molecule has 8 heteroatoms. The van der Waals surface area contributed by atoms with Crippen LogP contribution in [-0.4, -0.2) is 32.6 Å². The molecule has 0 aromatic heterocycles. The molecule has 0 aliphatic carbocycles. The van der Waals surface area contributed by atoms with Gasteiger partial charge in [-0.05, 0) is 42.3 Å². The van der Waals surface area contributed by atoms with Crippen molar-refractivity contribution in [2.24, 2.45) is 10.8 Å². The maximum Gasteiger partial charge on any atom is 0.332 e. The van der Waals surface area contributed by atoms with Crippen LogP contribution in [0.2, 0.25) is 5.02 Å². The van der Waals surface area contributed by atoms with Crippen molar-refractivity contribution in [1.82, 2.24) is 5.43 Å². The van der Waals surface area contributed by atoms with Crippen LogP contribution in [0.5, 0.6) is 17.2 Å². The number of halogens is 1. The topological polar surface area (TPSA) is 95.2 Å². The van der Waals surface area contributed by atoms with Gasteiger partial charge in [-0.2, -0.15) is 5.10 Å². The van der Waals surface area contributed by atoms with Crippen molar-refractivity contribution in [2.45, 2.75) is 6.92 Å². The van der Waals surface area contributed by atoms with Crippen molar-refractivity contribution in [3.05, 3.63) is 52.5 Å². The summed E-state index contributed by atoms with van der Waals surface area (Å²) in [6.45, 7) is 2.65. The Hall–Kier alpha value is -2.93. The summed E-state index contributed by atoms with van der Waals surface area (Å²) in [5.74, 6) is 1.62. The molecule has 0 spiro atoms. The molecule has 0 heterocycles. The van der Waals surface area contributed by atoms with E-state index in [9.17, 15) is 4.79 Å². The molecule has 0 aliphatic rings. The number of methoxy groups -OCH3 is 1. The predicted octanol–water partition coefficient (Wildman–Crippen LogP) is 3.12. The van der Waals surface area contributed by atoms with Crippen molar-refractivity contribution < 1.29 is 19.0 Å². The smallest absolute Gasteiger partial charge is 0.332 e. The Balaban J connectivity index is 1.97. The first-order chi connectivity index (χ1) is 12.5. The number of hydrazone groups is 1. The fraction of sp³-hybridized carbons (Fsp3) is 0.222. The first-order valence-corrected chi connectivity index (χ1v) is 8.15. The standard InChI is InChI=1S/C18H20ClN3O4/c1-12-4-3-5-14(8-12)25-6-7-26-17-15(19)9-13(10-16(17)24-2)11-21-22-18(20)23/h3-5,8-11H,6-7H2,1-2H3,(H3,20,22,23)/b21-11+. The van der Waals surface area contributed by atoms with Crippen LogP contribution in [0.3, 0.4) is 0 Å². The van der Waals surface area contributed by atoms with E-state index in [0.717, 1.165) is 11.3 Å². The van der Waals surface area contributed by atoms with Crippen molar-refractivity contribution >= 4 is 23.8 Å². The van der Waals surface area contributed by atoms with Crippen LogP contribution in [-0.2, 0) is 0 Å². The molecule has 0 fully saturated rings. The minimum atomic E-state index is -0.757. The summed E-state index contributed by atoms with van der Waals surface area (Å²) in [6, 6.07) is 10.3. The second kappa shape index (κ2) is 9.53. The number of rotatable bonds is 8. The predicted molar refractivity (Wildman–Crippen MR) is 100 cm³/mol. The molecule has 0 saturated carbocycles. The highest BCUT2D eigenvalue weighted by molar-refractivity contribution is 6.32. The van der Waals surface area contributed by atoms with E-state index in [1.54, 1.807) is 12.1 Å². The van der Waals surface area contributed by atoms with E-state index >= 15 is 0 Å². The van der Waals surface area contributed by atoms with Crippen LogP contribution in [0.15, 0.2) is 41.5 Å². The number of benzene rings is 2. The van der Waals surface area contributed by atoms with Crippen molar-refractivity contribution in [1.29, 1.82) is 0 Å². The van der Waals surface area contributed by atoms with E-state index in [1.165, 1.54) is 13.3 Å². The van der Waals surface area contributed by atoms with E-state index in [1.807, 2.05) is 31.2 Å². The van der Waals surface area contributed by atoms with Gasteiger partial charge in [0.05, 0.1) is 18.3 Å². The number of hydrogen-bond acceptors (Lipinski definition) is 5. The fourth-order valence-electron chi connectivity index (χ4n) is 2.13. The molecule has 26 heavy (non-hydrogen) atoms. The van der Waals surface area contributed by atoms with Gasteiger partial charge in [-0.25, -0.2) is 10.2 Å². The van der Waals surface area contributed by atoms with Crippen molar-refractivity contribution in [2.75, 3.05) is 20.3 Å². The Kier molecular flexibility index (Phi) is 7.11. The summed E-state index contributed by atoms with van der Waals surface area (Å²) in [5, 5.41) is 4.03. The summed E-state index contributed by atoms with van der Waals surface area (Å²) in [6.07, 6.45) is 1.39. The number of nitrogens with two attached hydrogens (primary N) is 1. The Morgan fingerprint density at radius 2 is 2.04 bits per heavy atom. The van der Waals surface area contributed by atoms with Crippen LogP contribution in [0.4, 0.5) is 4.79 Å². The molecule has 138 valence electrons. The number of carbonyl (C=O) groups is 1. The average Bonchev–Trinajstić information content (AvgIpc) is 2.59. The van der Waals surface area contributed by atoms with Gasteiger partial charge in [-0.3, -0.25) is 0 Å². The minimum Gasteiger partial charge on any atom is -0.493 e. The third-order valence-corrected chi connectivity index (χ3v) is 3.51. The molecule has 3 N–H and O–H groups in total. The van der Waals surface area contributed by atoms with E-state index in [2.05, 4.69) is 10.5 Å². The van der Waals surface area contributed by atoms with E-state index in [4.69, 9.17) is 31.5 Å². The lowest BCUT2D eigenvalue weighted by Crippen LogP contribution is -2.24. The second-order valence-electron chi connectivity index (χ2n) is 5.28. The van der Waals surface area contributed by atoms with Gasteiger partial charge in [0.2, 0.25) is 0 Å². The largest absolute Gasteiger partial charge is 0.493 e. The second-order valence-corrected chi connectivity index (χ2v) is 5.69. The third-order valence-electron chi connectivity index (χ3n) is 3.23.